The number of amides is 6. The lowest BCUT2D eigenvalue weighted by atomic mass is 9.59. The summed E-state index contributed by atoms with van der Waals surface area (Å²) < 4.78 is 13.9. The van der Waals surface area contributed by atoms with Crippen LogP contribution >= 0.6 is 11.3 Å². The number of likely N-dealkylation sites (tertiary alicyclic amines) is 1. The highest BCUT2D eigenvalue weighted by molar-refractivity contribution is 7.21. The molecule has 2 aromatic heterocycles. The Balaban J connectivity index is 0.772. The van der Waals surface area contributed by atoms with Gasteiger partial charge in [-0.15, -0.1) is 11.3 Å². The lowest BCUT2D eigenvalue weighted by Gasteiger charge is -2.54. The summed E-state index contributed by atoms with van der Waals surface area (Å²) in [7, 11) is 8.93. The third-order valence-corrected chi connectivity index (χ3v) is 15.5. The predicted molar refractivity (Wildman–Crippen MR) is 248 cm³/mol. The highest BCUT2D eigenvalue weighted by Crippen LogP contribution is 2.49. The number of aromatic nitrogens is 1. The second-order valence-electron chi connectivity index (χ2n) is 18.5. The number of methoxy groups -OCH3 is 2. The van der Waals surface area contributed by atoms with Crippen molar-refractivity contribution in [3.05, 3.63) is 74.5 Å². The lowest BCUT2D eigenvalue weighted by Crippen LogP contribution is -2.59. The average molecular weight is 921 g/mol. The van der Waals surface area contributed by atoms with Gasteiger partial charge in [0.05, 0.1) is 41.2 Å². The third-order valence-electron chi connectivity index (χ3n) is 14.4. The van der Waals surface area contributed by atoms with Gasteiger partial charge >= 0.3 is 0 Å². The zero-order valence-electron chi connectivity index (χ0n) is 38.1. The smallest absolute Gasteiger partial charge is 0.262 e. The Hall–Kier alpha value is -6.11. The largest absolute Gasteiger partial charge is 0.496 e. The van der Waals surface area contributed by atoms with Gasteiger partial charge in [-0.25, -0.2) is 0 Å². The molecule has 4 fully saturated rings. The zero-order chi connectivity index (χ0) is 46.6. The van der Waals surface area contributed by atoms with Crippen LogP contribution in [0, 0.1) is 5.41 Å². The highest BCUT2D eigenvalue weighted by atomic mass is 32.1. The number of nitrogens with zero attached hydrogens (tertiary/aromatic N) is 6. The topological polar surface area (TPSA) is 183 Å². The maximum atomic E-state index is 13.9. The van der Waals surface area contributed by atoms with Gasteiger partial charge in [0.2, 0.25) is 17.7 Å². The van der Waals surface area contributed by atoms with Gasteiger partial charge in [0.1, 0.15) is 17.5 Å². The van der Waals surface area contributed by atoms with Crippen LogP contribution in [0.5, 0.6) is 11.5 Å². The summed E-state index contributed by atoms with van der Waals surface area (Å²) in [4.78, 5) is 101. The Morgan fingerprint density at radius 2 is 1.56 bits per heavy atom. The number of nitrogens with one attached hydrogen (secondary N) is 2. The predicted octanol–water partition coefficient (Wildman–Crippen LogP) is 3.46. The van der Waals surface area contributed by atoms with Crippen molar-refractivity contribution < 1.29 is 38.2 Å². The monoisotopic (exact) mass is 920 g/mol. The molecule has 348 valence electrons. The molecule has 1 spiro atoms. The van der Waals surface area contributed by atoms with Gasteiger partial charge in [0, 0.05) is 100 Å². The molecule has 3 saturated heterocycles. The highest BCUT2D eigenvalue weighted by Gasteiger charge is 2.49. The molecule has 4 aromatic rings. The Bertz CT molecular complexity index is 2690. The van der Waals surface area contributed by atoms with Crippen LogP contribution in [0.15, 0.2) is 47.4 Å². The number of carbonyl (C=O) groups excluding carboxylic acids is 6. The van der Waals surface area contributed by atoms with Gasteiger partial charge in [-0.2, -0.15) is 0 Å². The number of fused-ring (bicyclic) bond motifs is 2. The molecule has 1 aliphatic carbocycles. The number of ether oxygens (including phenoxy) is 2. The van der Waals surface area contributed by atoms with Crippen LogP contribution in [0.1, 0.15) is 80.9 Å². The number of benzene rings is 2. The molecule has 4 aliphatic heterocycles. The number of piperazine rings is 1. The van der Waals surface area contributed by atoms with Crippen molar-refractivity contribution in [2.45, 2.75) is 63.6 Å². The molecular formula is C48H56N8O9S. The maximum Gasteiger partial charge on any atom is 0.262 e. The first-order valence-electron chi connectivity index (χ1n) is 22.6. The molecule has 0 radical (unpaired) electrons. The molecule has 2 aromatic carbocycles. The fourth-order valence-corrected chi connectivity index (χ4v) is 11.5. The van der Waals surface area contributed by atoms with Gasteiger partial charge in [-0.1, -0.05) is 0 Å². The summed E-state index contributed by atoms with van der Waals surface area (Å²) in [5, 5.41) is 6.03. The van der Waals surface area contributed by atoms with Crippen molar-refractivity contribution in [2.24, 2.45) is 12.5 Å². The van der Waals surface area contributed by atoms with Crippen molar-refractivity contribution in [3.8, 4) is 22.6 Å². The van der Waals surface area contributed by atoms with E-state index in [4.69, 9.17) is 9.47 Å². The number of anilines is 1. The fourth-order valence-electron chi connectivity index (χ4n) is 10.4. The van der Waals surface area contributed by atoms with Crippen molar-refractivity contribution >= 4 is 62.6 Å². The number of rotatable bonds is 12. The van der Waals surface area contributed by atoms with Crippen LogP contribution in [0.4, 0.5) is 5.69 Å². The first-order chi connectivity index (χ1) is 31.7. The van der Waals surface area contributed by atoms with Gasteiger partial charge in [-0.05, 0) is 93.6 Å². The minimum Gasteiger partial charge on any atom is -0.496 e. The number of piperidine rings is 2. The van der Waals surface area contributed by atoms with E-state index in [0.29, 0.717) is 67.5 Å². The molecule has 6 amide bonds. The number of thiophene rings is 1. The zero-order valence-corrected chi connectivity index (χ0v) is 38.9. The summed E-state index contributed by atoms with van der Waals surface area (Å²) in [5.41, 5.74) is 3.62. The SMILES string of the molecule is COc1cc(-c2cn(C)c(=O)c3cc(C(=O)NC4CCC45CCN(C(=O)CCN4CCN(c6ccc7c(c6)C(=O)N([C@@H]6CCC(=O)NC6=O)C7=O)CC4)CC5)sc23)cc(OC)c1CN(C)C. The number of aryl methyl sites for hydroxylation is 1. The normalized spacial score (nSPS) is 20.8. The third kappa shape index (κ3) is 8.23. The van der Waals surface area contributed by atoms with E-state index in [0.717, 1.165) is 70.8 Å². The molecule has 6 heterocycles. The molecule has 18 heteroatoms. The summed E-state index contributed by atoms with van der Waals surface area (Å²) in [6, 6.07) is 9.77. The van der Waals surface area contributed by atoms with Crippen LogP contribution in [0.2, 0.25) is 0 Å². The first-order valence-corrected chi connectivity index (χ1v) is 23.4. The molecule has 1 saturated carbocycles. The Morgan fingerprint density at radius 1 is 0.864 bits per heavy atom. The number of hydrogen-bond acceptors (Lipinski definition) is 13. The van der Waals surface area contributed by atoms with Crippen LogP contribution in [-0.4, -0.2) is 146 Å². The number of hydrogen-bond donors (Lipinski definition) is 2. The van der Waals surface area contributed by atoms with Crippen LogP contribution in [0.25, 0.3) is 21.2 Å². The van der Waals surface area contributed by atoms with Gasteiger partial charge < -0.3 is 34.1 Å². The van der Waals surface area contributed by atoms with E-state index < -0.39 is 29.7 Å². The van der Waals surface area contributed by atoms with Crippen molar-refractivity contribution in [1.29, 1.82) is 0 Å². The first kappa shape index (κ1) is 45.1. The minimum atomic E-state index is -1.01. The molecule has 9 rings (SSSR count). The molecular weight excluding hydrogens is 865 g/mol. The fraction of sp³-hybridized carbons (Fsp3) is 0.479. The molecule has 2 atom stereocenters. The van der Waals surface area contributed by atoms with E-state index in [1.807, 2.05) is 42.1 Å². The summed E-state index contributed by atoms with van der Waals surface area (Å²) in [6.07, 6.45) is 5.86. The molecule has 17 nitrogen and oxygen atoms in total. The second kappa shape index (κ2) is 17.9. The minimum absolute atomic E-state index is 0.0163. The lowest BCUT2D eigenvalue weighted by molar-refractivity contribution is -0.137. The Morgan fingerprint density at radius 3 is 2.20 bits per heavy atom. The van der Waals surface area contributed by atoms with Gasteiger partial charge in [-0.3, -0.25) is 48.7 Å². The number of carbonyl (C=O) groups is 6. The number of imide groups is 2. The van der Waals surface area contributed by atoms with E-state index >= 15 is 0 Å². The standard InChI is InChI=1S/C48H56N8O9S/c1-51(2)26-34-36(64-4)22-28(23-37(34)65-5)33-27-52(3)45(61)32-25-38(66-42(32)33)44(60)49-39-10-12-48(39)13-16-55(17-14-48)41(58)11-15-53-18-20-54(21-19-53)29-6-7-30-31(24-29)47(63)56(46(30)62)35-8-9-40(57)50-43(35)59/h6-7,22-25,27,35,39H,8-21,26H2,1-5H3,(H,49,60)(H,50,57,59)/t35-,39?/m1/s1. The summed E-state index contributed by atoms with van der Waals surface area (Å²) in [6.45, 7) is 5.35. The second-order valence-corrected chi connectivity index (χ2v) is 19.5. The van der Waals surface area contributed by atoms with Gasteiger partial charge in [0.25, 0.3) is 23.3 Å². The van der Waals surface area contributed by atoms with Crippen LogP contribution in [0.3, 0.4) is 0 Å². The summed E-state index contributed by atoms with van der Waals surface area (Å²) in [5.74, 6) is -0.820. The Labute approximate surface area is 386 Å². The molecule has 0 bridgehead atoms. The quantitative estimate of drug-likeness (QED) is 0.198. The molecule has 66 heavy (non-hydrogen) atoms. The van der Waals surface area contributed by atoms with Crippen LogP contribution < -0.4 is 30.6 Å². The summed E-state index contributed by atoms with van der Waals surface area (Å²) >= 11 is 1.31. The molecule has 1 unspecified atom stereocenters. The van der Waals surface area contributed by atoms with Crippen molar-refractivity contribution in [1.82, 2.24) is 34.8 Å². The number of pyridine rings is 1. The Kier molecular flexibility index (Phi) is 12.2. The molecule has 2 N–H and O–H groups in total. The molecule has 5 aliphatic rings. The maximum absolute atomic E-state index is 13.9. The van der Waals surface area contributed by atoms with E-state index in [-0.39, 0.29) is 52.8 Å². The van der Waals surface area contributed by atoms with Gasteiger partial charge in [0.15, 0.2) is 0 Å². The van der Waals surface area contributed by atoms with E-state index in [1.54, 1.807) is 50.2 Å². The van der Waals surface area contributed by atoms with E-state index in [1.165, 1.54) is 11.3 Å². The average Bonchev–Trinajstić information content (AvgIpc) is 3.87. The van der Waals surface area contributed by atoms with Crippen molar-refractivity contribution in [3.63, 3.8) is 0 Å². The van der Waals surface area contributed by atoms with E-state index in [2.05, 4.69) is 20.4 Å². The van der Waals surface area contributed by atoms with Crippen LogP contribution in [-0.2, 0) is 28.0 Å². The van der Waals surface area contributed by atoms with Crippen molar-refractivity contribution in [2.75, 3.05) is 79.0 Å². The van der Waals surface area contributed by atoms with E-state index in [9.17, 15) is 33.6 Å².